The number of thiazole rings is 1. The van der Waals surface area contributed by atoms with Gasteiger partial charge in [-0.25, -0.2) is 4.98 Å². The van der Waals surface area contributed by atoms with Gasteiger partial charge in [0.2, 0.25) is 0 Å². The van der Waals surface area contributed by atoms with Gasteiger partial charge >= 0.3 is 0 Å². The van der Waals surface area contributed by atoms with E-state index in [-0.39, 0.29) is 0 Å². The van der Waals surface area contributed by atoms with E-state index in [4.69, 9.17) is 0 Å². The van der Waals surface area contributed by atoms with Crippen LogP contribution in [0, 0.1) is 0 Å². The summed E-state index contributed by atoms with van der Waals surface area (Å²) in [5.41, 5.74) is 0. The van der Waals surface area contributed by atoms with Crippen molar-refractivity contribution in [2.24, 2.45) is 0 Å². The van der Waals surface area contributed by atoms with E-state index in [0.29, 0.717) is 0 Å². The first-order valence-electron chi connectivity index (χ1n) is 7.55. The highest BCUT2D eigenvalue weighted by Crippen LogP contribution is 2.33. The third kappa shape index (κ3) is 4.36. The van der Waals surface area contributed by atoms with Gasteiger partial charge in [0, 0.05) is 23.5 Å². The molecule has 1 aromatic rings. The summed E-state index contributed by atoms with van der Waals surface area (Å²) in [6.45, 7) is 4.31. The van der Waals surface area contributed by atoms with Crippen LogP contribution in [0.1, 0.15) is 74.1 Å². The smallest absolute Gasteiger partial charge is 0.0959 e. The molecule has 1 saturated carbocycles. The van der Waals surface area contributed by atoms with Gasteiger partial charge < -0.3 is 5.32 Å². The highest BCUT2D eigenvalue weighted by molar-refractivity contribution is 7.11. The monoisotopic (exact) mass is 266 g/mol. The quantitative estimate of drug-likeness (QED) is 0.795. The topological polar surface area (TPSA) is 24.9 Å². The lowest BCUT2D eigenvalue weighted by molar-refractivity contribution is 0.454. The van der Waals surface area contributed by atoms with Gasteiger partial charge in [0.05, 0.1) is 5.01 Å². The van der Waals surface area contributed by atoms with Crippen molar-refractivity contribution in [3.63, 3.8) is 0 Å². The van der Waals surface area contributed by atoms with Gasteiger partial charge in [-0.2, -0.15) is 0 Å². The summed E-state index contributed by atoms with van der Waals surface area (Å²) in [6, 6.07) is 0. The summed E-state index contributed by atoms with van der Waals surface area (Å²) in [5, 5.41) is 4.85. The van der Waals surface area contributed by atoms with E-state index in [2.05, 4.69) is 23.4 Å². The van der Waals surface area contributed by atoms with Gasteiger partial charge in [-0.3, -0.25) is 0 Å². The molecule has 18 heavy (non-hydrogen) atoms. The number of hydrogen-bond acceptors (Lipinski definition) is 3. The first-order chi connectivity index (χ1) is 8.90. The zero-order valence-corrected chi connectivity index (χ0v) is 12.4. The molecule has 0 radical (unpaired) electrons. The first-order valence-corrected chi connectivity index (χ1v) is 8.37. The molecule has 1 aliphatic rings. The molecule has 0 saturated heterocycles. The standard InChI is InChI=1S/C15H26N2S/c1-2-10-16-11-14-12-17-15(18-14)13-8-6-4-3-5-7-9-13/h12-13,16H,2-11H2,1H3. The zero-order valence-electron chi connectivity index (χ0n) is 11.6. The highest BCUT2D eigenvalue weighted by atomic mass is 32.1. The van der Waals surface area contributed by atoms with Gasteiger partial charge in [0.15, 0.2) is 0 Å². The van der Waals surface area contributed by atoms with Gasteiger partial charge in [0.1, 0.15) is 0 Å². The minimum absolute atomic E-state index is 0.746. The molecule has 102 valence electrons. The lowest BCUT2D eigenvalue weighted by atomic mass is 9.92. The van der Waals surface area contributed by atoms with Gasteiger partial charge in [0.25, 0.3) is 0 Å². The SMILES string of the molecule is CCCNCc1cnc(C2CCCCCCC2)s1. The molecule has 0 bridgehead atoms. The third-order valence-corrected chi connectivity index (χ3v) is 4.91. The van der Waals surface area contributed by atoms with Crippen LogP contribution in [0.2, 0.25) is 0 Å². The molecular weight excluding hydrogens is 240 g/mol. The maximum absolute atomic E-state index is 4.67. The van der Waals surface area contributed by atoms with E-state index >= 15 is 0 Å². The molecule has 3 heteroatoms. The molecule has 0 aliphatic heterocycles. The lowest BCUT2D eigenvalue weighted by Crippen LogP contribution is -2.12. The maximum atomic E-state index is 4.67. The summed E-state index contributed by atoms with van der Waals surface area (Å²) in [6.07, 6.45) is 13.1. The average Bonchev–Trinajstić information content (AvgIpc) is 2.78. The minimum Gasteiger partial charge on any atom is -0.312 e. The summed E-state index contributed by atoms with van der Waals surface area (Å²) >= 11 is 1.93. The van der Waals surface area contributed by atoms with Crippen LogP contribution in [0.3, 0.4) is 0 Å². The van der Waals surface area contributed by atoms with Crippen LogP contribution >= 0.6 is 11.3 Å². The fourth-order valence-electron chi connectivity index (χ4n) is 2.68. The normalized spacial score (nSPS) is 18.5. The Morgan fingerprint density at radius 2 is 1.94 bits per heavy atom. The summed E-state index contributed by atoms with van der Waals surface area (Å²) in [7, 11) is 0. The van der Waals surface area contributed by atoms with E-state index in [9.17, 15) is 0 Å². The molecule has 0 amide bonds. The average molecular weight is 266 g/mol. The number of nitrogens with zero attached hydrogens (tertiary/aromatic N) is 1. The Labute approximate surface area is 115 Å². The van der Waals surface area contributed by atoms with Crippen molar-refractivity contribution in [1.82, 2.24) is 10.3 Å². The Morgan fingerprint density at radius 3 is 2.67 bits per heavy atom. The number of rotatable bonds is 5. The fraction of sp³-hybridized carbons (Fsp3) is 0.800. The van der Waals surface area contributed by atoms with Crippen molar-refractivity contribution < 1.29 is 0 Å². The van der Waals surface area contributed by atoms with Crippen molar-refractivity contribution in [3.8, 4) is 0 Å². The van der Waals surface area contributed by atoms with Crippen LogP contribution < -0.4 is 5.32 Å². The molecule has 1 fully saturated rings. The van der Waals surface area contributed by atoms with Crippen molar-refractivity contribution >= 4 is 11.3 Å². The Hall–Kier alpha value is -0.410. The van der Waals surface area contributed by atoms with Crippen molar-refractivity contribution in [3.05, 3.63) is 16.1 Å². The van der Waals surface area contributed by atoms with Gasteiger partial charge in [-0.05, 0) is 25.8 Å². The molecule has 2 nitrogen and oxygen atoms in total. The van der Waals surface area contributed by atoms with Crippen LogP contribution in [0.15, 0.2) is 6.20 Å². The maximum Gasteiger partial charge on any atom is 0.0959 e. The summed E-state index contributed by atoms with van der Waals surface area (Å²) in [4.78, 5) is 6.07. The van der Waals surface area contributed by atoms with E-state index in [0.717, 1.165) is 19.0 Å². The second-order valence-electron chi connectivity index (χ2n) is 5.38. The Kier molecular flexibility index (Phi) is 6.15. The molecule has 0 unspecified atom stereocenters. The molecule has 0 aromatic carbocycles. The fourth-order valence-corrected chi connectivity index (χ4v) is 3.74. The molecule has 2 rings (SSSR count). The minimum atomic E-state index is 0.746. The van der Waals surface area contributed by atoms with E-state index in [1.807, 2.05) is 11.3 Å². The predicted octanol–water partition coefficient (Wildman–Crippen LogP) is 4.47. The number of aromatic nitrogens is 1. The zero-order chi connectivity index (χ0) is 12.6. The van der Waals surface area contributed by atoms with Crippen molar-refractivity contribution in [2.75, 3.05) is 6.54 Å². The molecule has 0 atom stereocenters. The molecule has 1 heterocycles. The molecule has 1 aromatic heterocycles. The summed E-state index contributed by atoms with van der Waals surface area (Å²) in [5.74, 6) is 0.746. The van der Waals surface area contributed by atoms with Crippen LogP contribution in [0.5, 0.6) is 0 Å². The van der Waals surface area contributed by atoms with E-state index in [1.54, 1.807) is 0 Å². The van der Waals surface area contributed by atoms with Crippen LogP contribution in [-0.2, 0) is 6.54 Å². The number of hydrogen-bond donors (Lipinski definition) is 1. The van der Waals surface area contributed by atoms with Gasteiger partial charge in [-0.15, -0.1) is 11.3 Å². The summed E-state index contributed by atoms with van der Waals surface area (Å²) < 4.78 is 0. The highest BCUT2D eigenvalue weighted by Gasteiger charge is 2.16. The molecule has 1 aliphatic carbocycles. The van der Waals surface area contributed by atoms with Crippen molar-refractivity contribution in [1.29, 1.82) is 0 Å². The number of nitrogens with one attached hydrogen (secondary N) is 1. The van der Waals surface area contributed by atoms with Crippen LogP contribution in [-0.4, -0.2) is 11.5 Å². The first kappa shape index (κ1) is 14.0. The van der Waals surface area contributed by atoms with Crippen LogP contribution in [0.25, 0.3) is 0 Å². The molecular formula is C15H26N2S. The Morgan fingerprint density at radius 1 is 1.22 bits per heavy atom. The Balaban J connectivity index is 1.86. The largest absolute Gasteiger partial charge is 0.312 e. The third-order valence-electron chi connectivity index (χ3n) is 3.75. The van der Waals surface area contributed by atoms with Gasteiger partial charge in [-0.1, -0.05) is 39.0 Å². The molecule has 0 spiro atoms. The van der Waals surface area contributed by atoms with E-state index in [1.165, 1.54) is 61.3 Å². The lowest BCUT2D eigenvalue weighted by Gasteiger charge is -2.17. The molecule has 1 N–H and O–H groups in total. The second kappa shape index (κ2) is 7.90. The van der Waals surface area contributed by atoms with Crippen molar-refractivity contribution in [2.45, 2.75) is 70.8 Å². The Bertz CT molecular complexity index is 327. The second-order valence-corrected chi connectivity index (χ2v) is 6.53. The predicted molar refractivity (Wildman–Crippen MR) is 79.2 cm³/mol. The van der Waals surface area contributed by atoms with Crippen LogP contribution in [0.4, 0.5) is 0 Å². The van der Waals surface area contributed by atoms with E-state index < -0.39 is 0 Å².